The van der Waals surface area contributed by atoms with E-state index in [2.05, 4.69) is 10.1 Å². The molecule has 0 aromatic carbocycles. The smallest absolute Gasteiger partial charge is 0.215 e. The van der Waals surface area contributed by atoms with Gasteiger partial charge in [-0.15, -0.1) is 0 Å². The molecule has 0 saturated carbocycles. The van der Waals surface area contributed by atoms with Gasteiger partial charge in [-0.05, 0) is 18.6 Å². The molecule has 0 spiro atoms. The summed E-state index contributed by atoms with van der Waals surface area (Å²) in [6, 6.07) is 5.07. The van der Waals surface area contributed by atoms with Crippen LogP contribution >= 0.6 is 10.7 Å². The fraction of sp³-hybridized carbons (Fsp3) is 0.300. The van der Waals surface area contributed by atoms with Gasteiger partial charge in [0.1, 0.15) is 6.07 Å². The minimum Gasteiger partial charge on any atom is -0.215 e. The van der Waals surface area contributed by atoms with Crippen molar-refractivity contribution < 1.29 is 8.42 Å². The number of hydrogen-bond acceptors (Lipinski definition) is 5. The van der Waals surface area contributed by atoms with Crippen LogP contribution in [0.25, 0.3) is 5.65 Å². The predicted octanol–water partition coefficient (Wildman–Crippen LogP) is 1.48. The van der Waals surface area contributed by atoms with Gasteiger partial charge < -0.3 is 0 Å². The molecule has 0 fully saturated rings. The molecule has 6 nitrogen and oxygen atoms in total. The number of imidazole rings is 1. The van der Waals surface area contributed by atoms with E-state index in [1.165, 1.54) is 0 Å². The predicted molar refractivity (Wildman–Crippen MR) is 64.7 cm³/mol. The molecule has 0 atom stereocenters. The Morgan fingerprint density at radius 2 is 2.22 bits per heavy atom. The first kappa shape index (κ1) is 12.8. The summed E-state index contributed by atoms with van der Waals surface area (Å²) in [5.74, 6) is 0. The molecule has 8 heteroatoms. The molecule has 94 valence electrons. The Bertz CT molecular complexity index is 745. The number of aryl methyl sites for hydroxylation is 1. The summed E-state index contributed by atoms with van der Waals surface area (Å²) >= 11 is 0. The standard InChI is InChI=1S/C10H9ClN4O2S/c1-2-3-7-4-5-9-13-8(6-12)10(15(9)14-7)18(11,16)17/h4-5H,2-3H2,1H3. The van der Waals surface area contributed by atoms with E-state index in [0.717, 1.165) is 10.9 Å². The van der Waals surface area contributed by atoms with Crippen molar-refractivity contribution >= 4 is 25.4 Å². The summed E-state index contributed by atoms with van der Waals surface area (Å²) in [6.07, 6.45) is 1.58. The Morgan fingerprint density at radius 3 is 2.78 bits per heavy atom. The molecule has 2 rings (SSSR count). The third kappa shape index (κ3) is 2.17. The van der Waals surface area contributed by atoms with Gasteiger partial charge in [-0.2, -0.15) is 14.9 Å². The molecule has 2 heterocycles. The topological polar surface area (TPSA) is 88.1 Å². The van der Waals surface area contributed by atoms with Crippen LogP contribution in [0.5, 0.6) is 0 Å². The fourth-order valence-electron chi connectivity index (χ4n) is 1.63. The van der Waals surface area contributed by atoms with Crippen molar-refractivity contribution in [2.45, 2.75) is 24.8 Å². The second kappa shape index (κ2) is 4.55. The van der Waals surface area contributed by atoms with Gasteiger partial charge in [0.05, 0.1) is 5.69 Å². The van der Waals surface area contributed by atoms with Crippen LogP contribution in [-0.4, -0.2) is 23.0 Å². The highest BCUT2D eigenvalue weighted by molar-refractivity contribution is 8.13. The zero-order chi connectivity index (χ0) is 13.3. The Balaban J connectivity index is 2.80. The molecule has 2 aromatic heterocycles. The third-order valence-electron chi connectivity index (χ3n) is 2.33. The van der Waals surface area contributed by atoms with Crippen LogP contribution in [0.3, 0.4) is 0 Å². The van der Waals surface area contributed by atoms with E-state index in [4.69, 9.17) is 15.9 Å². The Hall–Kier alpha value is -1.65. The van der Waals surface area contributed by atoms with Crippen LogP contribution in [0.1, 0.15) is 24.7 Å². The van der Waals surface area contributed by atoms with E-state index in [9.17, 15) is 8.42 Å². The fourth-order valence-corrected chi connectivity index (χ4v) is 2.71. The van der Waals surface area contributed by atoms with E-state index in [0.29, 0.717) is 12.1 Å². The van der Waals surface area contributed by atoms with Gasteiger partial charge in [-0.1, -0.05) is 13.3 Å². The van der Waals surface area contributed by atoms with Gasteiger partial charge in [-0.25, -0.2) is 13.4 Å². The highest BCUT2D eigenvalue weighted by Gasteiger charge is 2.24. The number of halogens is 1. The van der Waals surface area contributed by atoms with Crippen LogP contribution in [0.4, 0.5) is 0 Å². The number of hydrogen-bond donors (Lipinski definition) is 0. The van der Waals surface area contributed by atoms with E-state index >= 15 is 0 Å². The van der Waals surface area contributed by atoms with Crippen LogP contribution < -0.4 is 0 Å². The summed E-state index contributed by atoms with van der Waals surface area (Å²) in [5.41, 5.74) is 0.755. The second-order valence-electron chi connectivity index (χ2n) is 3.66. The van der Waals surface area contributed by atoms with E-state index in [1.807, 2.05) is 6.92 Å². The molecule has 0 radical (unpaired) electrons. The average Bonchev–Trinajstić information content (AvgIpc) is 2.66. The van der Waals surface area contributed by atoms with Crippen molar-refractivity contribution in [1.29, 1.82) is 5.26 Å². The maximum Gasteiger partial charge on any atom is 0.281 e. The Morgan fingerprint density at radius 1 is 1.50 bits per heavy atom. The van der Waals surface area contributed by atoms with Gasteiger partial charge in [0.25, 0.3) is 9.05 Å². The molecule has 0 aliphatic carbocycles. The minimum atomic E-state index is -4.07. The van der Waals surface area contributed by atoms with E-state index in [-0.39, 0.29) is 16.4 Å². The molecular weight excluding hydrogens is 276 g/mol. The zero-order valence-corrected chi connectivity index (χ0v) is 11.0. The zero-order valence-electron chi connectivity index (χ0n) is 9.46. The highest BCUT2D eigenvalue weighted by atomic mass is 35.7. The molecule has 18 heavy (non-hydrogen) atoms. The number of nitriles is 1. The summed E-state index contributed by atoms with van der Waals surface area (Å²) in [7, 11) is 1.24. The quantitative estimate of drug-likeness (QED) is 0.797. The number of aromatic nitrogens is 3. The molecule has 0 N–H and O–H groups in total. The number of nitrogens with zero attached hydrogens (tertiary/aromatic N) is 4. The maximum absolute atomic E-state index is 11.5. The summed E-state index contributed by atoms with van der Waals surface area (Å²) < 4.78 is 24.0. The van der Waals surface area contributed by atoms with Crippen molar-refractivity contribution in [3.63, 3.8) is 0 Å². The lowest BCUT2D eigenvalue weighted by Crippen LogP contribution is -2.04. The first-order chi connectivity index (χ1) is 8.47. The second-order valence-corrected chi connectivity index (χ2v) is 6.14. The number of rotatable bonds is 3. The third-order valence-corrected chi connectivity index (χ3v) is 3.60. The molecule has 0 saturated heterocycles. The minimum absolute atomic E-state index is 0.244. The van der Waals surface area contributed by atoms with Gasteiger partial charge in [0, 0.05) is 10.7 Å². The van der Waals surface area contributed by atoms with Gasteiger partial charge >= 0.3 is 0 Å². The van der Waals surface area contributed by atoms with Crippen molar-refractivity contribution in [3.8, 4) is 6.07 Å². The SMILES string of the molecule is CCCc1ccc2nc(C#N)c(S(=O)(=O)Cl)n2n1. The molecule has 0 bridgehead atoms. The lowest BCUT2D eigenvalue weighted by molar-refractivity contribution is 0.600. The van der Waals surface area contributed by atoms with Crippen LogP contribution in [0.15, 0.2) is 17.2 Å². The average molecular weight is 285 g/mol. The molecule has 0 aliphatic rings. The van der Waals surface area contributed by atoms with Crippen molar-refractivity contribution in [2.24, 2.45) is 0 Å². The summed E-state index contributed by atoms with van der Waals surface area (Å²) in [5, 5.41) is 12.6. The normalized spacial score (nSPS) is 11.6. The van der Waals surface area contributed by atoms with E-state index < -0.39 is 9.05 Å². The van der Waals surface area contributed by atoms with Gasteiger partial charge in [-0.3, -0.25) is 0 Å². The van der Waals surface area contributed by atoms with Crippen LogP contribution in [-0.2, 0) is 15.5 Å². The van der Waals surface area contributed by atoms with Crippen molar-refractivity contribution in [1.82, 2.24) is 14.6 Å². The maximum atomic E-state index is 11.5. The van der Waals surface area contributed by atoms with Crippen molar-refractivity contribution in [2.75, 3.05) is 0 Å². The lowest BCUT2D eigenvalue weighted by atomic mass is 10.2. The monoisotopic (exact) mass is 284 g/mol. The van der Waals surface area contributed by atoms with Gasteiger partial charge in [0.2, 0.25) is 5.03 Å². The first-order valence-corrected chi connectivity index (χ1v) is 7.51. The molecular formula is C10H9ClN4O2S. The van der Waals surface area contributed by atoms with Crippen molar-refractivity contribution in [3.05, 3.63) is 23.5 Å². The summed E-state index contributed by atoms with van der Waals surface area (Å²) in [6.45, 7) is 1.99. The molecule has 2 aromatic rings. The first-order valence-electron chi connectivity index (χ1n) is 5.20. The highest BCUT2D eigenvalue weighted by Crippen LogP contribution is 2.20. The van der Waals surface area contributed by atoms with Gasteiger partial charge in [0.15, 0.2) is 11.3 Å². The lowest BCUT2D eigenvalue weighted by Gasteiger charge is -2.00. The molecule has 0 amide bonds. The largest absolute Gasteiger partial charge is 0.281 e. The van der Waals surface area contributed by atoms with Crippen LogP contribution in [0.2, 0.25) is 0 Å². The van der Waals surface area contributed by atoms with E-state index in [1.54, 1.807) is 18.2 Å². The molecule has 0 aliphatic heterocycles. The molecule has 0 unspecified atom stereocenters. The van der Waals surface area contributed by atoms with Crippen LogP contribution in [0, 0.1) is 11.3 Å². The summed E-state index contributed by atoms with van der Waals surface area (Å²) in [4.78, 5) is 3.87. The Labute approximate surface area is 108 Å². The Kier molecular flexibility index (Phi) is 3.24. The number of fused-ring (bicyclic) bond motifs is 1.